The minimum atomic E-state index is 0.613. The highest BCUT2D eigenvalue weighted by atomic mass is 16.5. The van der Waals surface area contributed by atoms with Crippen LogP contribution in [0.3, 0.4) is 0 Å². The average molecular weight is 458 g/mol. The molecule has 3 heterocycles. The number of furan rings is 1. The van der Waals surface area contributed by atoms with Crippen molar-refractivity contribution in [3.63, 3.8) is 0 Å². The molecule has 1 N–H and O–H groups in total. The van der Waals surface area contributed by atoms with Crippen LogP contribution in [0.15, 0.2) is 71.3 Å². The Hall–Kier alpha value is -3.35. The number of nitrogens with zero attached hydrogens (tertiary/aromatic N) is 2. The smallest absolute Gasteiger partial charge is 0.229 e. The van der Waals surface area contributed by atoms with E-state index in [-0.39, 0.29) is 0 Å². The summed E-state index contributed by atoms with van der Waals surface area (Å²) in [5, 5.41) is 4.45. The van der Waals surface area contributed by atoms with Gasteiger partial charge in [-0.25, -0.2) is 4.98 Å². The number of fused-ring (bicyclic) bond motifs is 1. The van der Waals surface area contributed by atoms with Gasteiger partial charge in [-0.3, -0.25) is 4.90 Å². The number of hydrogen-bond donors (Lipinski definition) is 1. The maximum atomic E-state index is 6.35. The van der Waals surface area contributed by atoms with Gasteiger partial charge in [0.25, 0.3) is 0 Å². The molecule has 5 rings (SSSR count). The van der Waals surface area contributed by atoms with Crippen molar-refractivity contribution in [3.05, 3.63) is 66.9 Å². The third-order valence-corrected chi connectivity index (χ3v) is 6.27. The minimum absolute atomic E-state index is 0.613. The molecule has 0 amide bonds. The van der Waals surface area contributed by atoms with Crippen molar-refractivity contribution >= 4 is 16.8 Å². The van der Waals surface area contributed by atoms with Crippen LogP contribution in [-0.2, 0) is 4.74 Å². The molecule has 0 aliphatic carbocycles. The number of hydrogen-bond acceptors (Lipinski definition) is 6. The minimum Gasteiger partial charge on any atom is -0.492 e. The number of rotatable bonds is 10. The van der Waals surface area contributed by atoms with E-state index < -0.39 is 0 Å². The molecule has 1 saturated heterocycles. The van der Waals surface area contributed by atoms with Crippen molar-refractivity contribution in [1.29, 1.82) is 0 Å². The van der Waals surface area contributed by atoms with E-state index in [4.69, 9.17) is 13.9 Å². The number of methoxy groups -OCH3 is 1. The Balaban J connectivity index is 1.45. The second-order valence-corrected chi connectivity index (χ2v) is 8.55. The van der Waals surface area contributed by atoms with Gasteiger partial charge < -0.3 is 19.2 Å². The maximum Gasteiger partial charge on any atom is 0.229 e. The van der Waals surface area contributed by atoms with E-state index in [0.29, 0.717) is 25.5 Å². The molecule has 34 heavy (non-hydrogen) atoms. The molecular weight excluding hydrogens is 426 g/mol. The fourth-order valence-corrected chi connectivity index (χ4v) is 4.54. The van der Waals surface area contributed by atoms with Crippen molar-refractivity contribution in [2.75, 3.05) is 51.8 Å². The quantitative estimate of drug-likeness (QED) is 0.309. The van der Waals surface area contributed by atoms with E-state index in [1.807, 2.05) is 36.4 Å². The van der Waals surface area contributed by atoms with Crippen LogP contribution in [0.2, 0.25) is 0 Å². The summed E-state index contributed by atoms with van der Waals surface area (Å²) in [7, 11) is 1.70. The van der Waals surface area contributed by atoms with E-state index in [9.17, 15) is 0 Å². The summed E-state index contributed by atoms with van der Waals surface area (Å²) in [5.41, 5.74) is 4.71. The number of pyridine rings is 1. The van der Waals surface area contributed by atoms with Crippen molar-refractivity contribution in [1.82, 2.24) is 9.88 Å². The third-order valence-electron chi connectivity index (χ3n) is 6.27. The standard InChI is InChI=1S/C28H31N3O3/c1-32-19-15-29-24-13-14-30-28-26(24)25(21-7-3-2-4-8-21)27(34-28)22-9-11-23(12-10-22)33-20-18-31-16-5-6-17-31/h2-4,7-14H,5-6,15-20H2,1H3,(H,29,30). The van der Waals surface area contributed by atoms with Crippen LogP contribution in [0.4, 0.5) is 5.69 Å². The van der Waals surface area contributed by atoms with Crippen LogP contribution in [0.1, 0.15) is 12.8 Å². The van der Waals surface area contributed by atoms with E-state index in [1.165, 1.54) is 25.9 Å². The van der Waals surface area contributed by atoms with Gasteiger partial charge in [-0.15, -0.1) is 0 Å². The van der Waals surface area contributed by atoms with Gasteiger partial charge in [0.05, 0.1) is 12.0 Å². The Morgan fingerprint density at radius 2 is 1.74 bits per heavy atom. The monoisotopic (exact) mass is 457 g/mol. The zero-order chi connectivity index (χ0) is 23.2. The zero-order valence-electron chi connectivity index (χ0n) is 19.6. The van der Waals surface area contributed by atoms with Gasteiger partial charge in [-0.1, -0.05) is 30.3 Å². The van der Waals surface area contributed by atoms with Crippen LogP contribution in [-0.4, -0.2) is 56.4 Å². The second kappa shape index (κ2) is 10.7. The van der Waals surface area contributed by atoms with Gasteiger partial charge >= 0.3 is 0 Å². The van der Waals surface area contributed by atoms with Crippen LogP contribution >= 0.6 is 0 Å². The van der Waals surface area contributed by atoms with Crippen molar-refractivity contribution < 1.29 is 13.9 Å². The van der Waals surface area contributed by atoms with Gasteiger partial charge in [0.15, 0.2) is 0 Å². The summed E-state index contributed by atoms with van der Waals surface area (Å²) < 4.78 is 17.6. The topological polar surface area (TPSA) is 59.8 Å². The van der Waals surface area contributed by atoms with Gasteiger partial charge in [-0.05, 0) is 61.8 Å². The molecule has 1 aliphatic rings. The fourth-order valence-electron chi connectivity index (χ4n) is 4.54. The molecule has 176 valence electrons. The Morgan fingerprint density at radius 1 is 0.941 bits per heavy atom. The molecule has 6 heteroatoms. The molecule has 0 radical (unpaired) electrons. The fraction of sp³-hybridized carbons (Fsp3) is 0.321. The molecule has 2 aromatic heterocycles. The number of ether oxygens (including phenoxy) is 2. The summed E-state index contributed by atoms with van der Waals surface area (Å²) in [5.74, 6) is 1.68. The Kier molecular flexibility index (Phi) is 7.08. The highest BCUT2D eigenvalue weighted by molar-refractivity contribution is 6.06. The zero-order valence-corrected chi connectivity index (χ0v) is 19.6. The lowest BCUT2D eigenvalue weighted by Crippen LogP contribution is -2.25. The summed E-state index contributed by atoms with van der Waals surface area (Å²) in [6.45, 7) is 5.38. The Bertz CT molecular complexity index is 1200. The largest absolute Gasteiger partial charge is 0.492 e. The van der Waals surface area contributed by atoms with E-state index >= 15 is 0 Å². The molecule has 0 bridgehead atoms. The SMILES string of the molecule is COCCNc1ccnc2oc(-c3ccc(OCCN4CCCC4)cc3)c(-c3ccccc3)c12. The van der Waals surface area contributed by atoms with E-state index in [1.54, 1.807) is 13.3 Å². The first-order chi connectivity index (χ1) is 16.8. The van der Waals surface area contributed by atoms with Crippen LogP contribution < -0.4 is 10.1 Å². The number of benzene rings is 2. The van der Waals surface area contributed by atoms with Crippen LogP contribution in [0, 0.1) is 0 Å². The molecule has 0 atom stereocenters. The third kappa shape index (κ3) is 4.93. The van der Waals surface area contributed by atoms with Gasteiger partial charge in [0.1, 0.15) is 18.1 Å². The number of anilines is 1. The van der Waals surface area contributed by atoms with Crippen LogP contribution in [0.25, 0.3) is 33.6 Å². The van der Waals surface area contributed by atoms with E-state index in [0.717, 1.165) is 45.8 Å². The van der Waals surface area contributed by atoms with Crippen molar-refractivity contribution in [3.8, 4) is 28.2 Å². The summed E-state index contributed by atoms with van der Waals surface area (Å²) in [6, 6.07) is 20.5. The highest BCUT2D eigenvalue weighted by Gasteiger charge is 2.21. The molecule has 0 spiro atoms. The van der Waals surface area contributed by atoms with Crippen LogP contribution in [0.5, 0.6) is 5.75 Å². The second-order valence-electron chi connectivity index (χ2n) is 8.55. The number of aromatic nitrogens is 1. The lowest BCUT2D eigenvalue weighted by atomic mass is 9.98. The Labute approximate surface area is 200 Å². The molecule has 2 aromatic carbocycles. The average Bonchev–Trinajstić information content (AvgIpc) is 3.54. The van der Waals surface area contributed by atoms with E-state index in [2.05, 4.69) is 39.5 Å². The van der Waals surface area contributed by atoms with Gasteiger partial charge in [-0.2, -0.15) is 0 Å². The summed E-state index contributed by atoms with van der Waals surface area (Å²) in [4.78, 5) is 6.99. The van der Waals surface area contributed by atoms with Gasteiger partial charge in [0.2, 0.25) is 5.71 Å². The first-order valence-corrected chi connectivity index (χ1v) is 12.0. The molecule has 6 nitrogen and oxygen atoms in total. The predicted octanol–water partition coefficient (Wildman–Crippen LogP) is 5.69. The first-order valence-electron chi connectivity index (χ1n) is 12.0. The summed E-state index contributed by atoms with van der Waals surface area (Å²) >= 11 is 0. The normalized spacial score (nSPS) is 14.0. The first kappa shape index (κ1) is 22.4. The van der Waals surface area contributed by atoms with Gasteiger partial charge in [0, 0.05) is 43.2 Å². The lowest BCUT2D eigenvalue weighted by Gasteiger charge is -2.15. The number of nitrogens with one attached hydrogen (secondary N) is 1. The molecule has 0 unspecified atom stereocenters. The maximum absolute atomic E-state index is 6.35. The molecule has 1 fully saturated rings. The highest BCUT2D eigenvalue weighted by Crippen LogP contribution is 2.43. The predicted molar refractivity (Wildman–Crippen MR) is 136 cm³/mol. The van der Waals surface area contributed by atoms with Crippen molar-refractivity contribution in [2.24, 2.45) is 0 Å². The molecule has 0 saturated carbocycles. The lowest BCUT2D eigenvalue weighted by molar-refractivity contribution is 0.211. The van der Waals surface area contributed by atoms with Crippen molar-refractivity contribution in [2.45, 2.75) is 12.8 Å². The Morgan fingerprint density at radius 3 is 2.50 bits per heavy atom. The number of likely N-dealkylation sites (tertiary alicyclic amines) is 1. The summed E-state index contributed by atoms with van der Waals surface area (Å²) in [6.07, 6.45) is 4.37. The molecular formula is C28H31N3O3. The molecule has 1 aliphatic heterocycles. The molecule has 4 aromatic rings.